The van der Waals surface area contributed by atoms with Gasteiger partial charge in [0.15, 0.2) is 0 Å². The summed E-state index contributed by atoms with van der Waals surface area (Å²) in [5.74, 6) is 0. The lowest BCUT2D eigenvalue weighted by Crippen LogP contribution is -2.23. The fourth-order valence-corrected chi connectivity index (χ4v) is 1.61. The lowest BCUT2D eigenvalue weighted by Gasteiger charge is -2.11. The van der Waals surface area contributed by atoms with E-state index in [2.05, 4.69) is 29.1 Å². The van der Waals surface area contributed by atoms with Crippen LogP contribution in [0.25, 0.3) is 0 Å². The van der Waals surface area contributed by atoms with Crippen LogP contribution in [0, 0.1) is 0 Å². The summed E-state index contributed by atoms with van der Waals surface area (Å²) in [6.07, 6.45) is 0.287. The Morgan fingerprint density at radius 3 is 3.08 bits per heavy atom. The van der Waals surface area contributed by atoms with Gasteiger partial charge in [0.1, 0.15) is 0 Å². The van der Waals surface area contributed by atoms with Gasteiger partial charge in [-0.1, -0.05) is 0 Å². The van der Waals surface area contributed by atoms with Crippen molar-refractivity contribution in [3.8, 4) is 0 Å². The summed E-state index contributed by atoms with van der Waals surface area (Å²) < 4.78 is 5.57. The van der Waals surface area contributed by atoms with Gasteiger partial charge >= 0.3 is 0 Å². The summed E-state index contributed by atoms with van der Waals surface area (Å²) in [7, 11) is 1.93. The van der Waals surface area contributed by atoms with Crippen LogP contribution in [0.1, 0.15) is 12.5 Å². The van der Waals surface area contributed by atoms with E-state index in [1.54, 1.807) is 11.3 Å². The molecule has 0 aliphatic rings. The average Bonchev–Trinajstić information content (AvgIpc) is 2.53. The molecule has 1 aromatic rings. The minimum absolute atomic E-state index is 0.287. The van der Waals surface area contributed by atoms with Gasteiger partial charge in [0, 0.05) is 6.54 Å². The zero-order chi connectivity index (χ0) is 8.81. The molecule has 0 aliphatic heterocycles. The van der Waals surface area contributed by atoms with Crippen LogP contribution in [0.15, 0.2) is 16.8 Å². The van der Waals surface area contributed by atoms with Crippen LogP contribution in [0.2, 0.25) is 0 Å². The number of thiophene rings is 1. The number of hydrogen-bond acceptors (Lipinski definition) is 3. The van der Waals surface area contributed by atoms with E-state index in [-0.39, 0.29) is 6.10 Å². The maximum atomic E-state index is 5.57. The van der Waals surface area contributed by atoms with Crippen molar-refractivity contribution in [2.24, 2.45) is 0 Å². The maximum absolute atomic E-state index is 5.57. The van der Waals surface area contributed by atoms with E-state index in [0.29, 0.717) is 0 Å². The first-order valence-corrected chi connectivity index (χ1v) is 5.04. The van der Waals surface area contributed by atoms with E-state index in [1.807, 2.05) is 7.05 Å². The molecule has 2 nitrogen and oxygen atoms in total. The number of likely N-dealkylation sites (N-methyl/N-ethyl adjacent to an activating group) is 1. The second kappa shape index (κ2) is 5.30. The third-order valence-corrected chi connectivity index (χ3v) is 2.34. The Bertz CT molecular complexity index is 198. The predicted molar refractivity (Wildman–Crippen MR) is 52.5 cm³/mol. The maximum Gasteiger partial charge on any atom is 0.0729 e. The summed E-state index contributed by atoms with van der Waals surface area (Å²) in [5, 5.41) is 7.26. The van der Waals surface area contributed by atoms with Gasteiger partial charge in [0.25, 0.3) is 0 Å². The highest BCUT2D eigenvalue weighted by Crippen LogP contribution is 2.08. The van der Waals surface area contributed by atoms with E-state index >= 15 is 0 Å². The highest BCUT2D eigenvalue weighted by atomic mass is 32.1. The van der Waals surface area contributed by atoms with Crippen molar-refractivity contribution in [2.75, 3.05) is 13.6 Å². The van der Waals surface area contributed by atoms with Gasteiger partial charge < -0.3 is 10.1 Å². The van der Waals surface area contributed by atoms with Gasteiger partial charge in [0.2, 0.25) is 0 Å². The Kier molecular flexibility index (Phi) is 4.29. The van der Waals surface area contributed by atoms with Gasteiger partial charge in [-0.2, -0.15) is 11.3 Å². The molecule has 1 unspecified atom stereocenters. The lowest BCUT2D eigenvalue weighted by atomic mass is 10.3. The highest BCUT2D eigenvalue weighted by molar-refractivity contribution is 7.07. The minimum Gasteiger partial charge on any atom is -0.372 e. The first-order chi connectivity index (χ1) is 5.83. The topological polar surface area (TPSA) is 21.3 Å². The Hall–Kier alpha value is -0.380. The SMILES string of the molecule is CNCC(C)OCc1ccsc1. The van der Waals surface area contributed by atoms with Gasteiger partial charge in [-0.25, -0.2) is 0 Å². The van der Waals surface area contributed by atoms with Crippen molar-refractivity contribution < 1.29 is 4.74 Å². The molecule has 1 rings (SSSR count). The van der Waals surface area contributed by atoms with Crippen LogP contribution in [0.3, 0.4) is 0 Å². The Labute approximate surface area is 77.6 Å². The fraction of sp³-hybridized carbons (Fsp3) is 0.556. The number of ether oxygens (including phenoxy) is 1. The van der Waals surface area contributed by atoms with Gasteiger partial charge in [-0.15, -0.1) is 0 Å². The van der Waals surface area contributed by atoms with E-state index in [4.69, 9.17) is 4.74 Å². The molecule has 0 saturated heterocycles. The molecule has 0 aliphatic carbocycles. The molecule has 12 heavy (non-hydrogen) atoms. The predicted octanol–water partition coefficient (Wildman–Crippen LogP) is 1.87. The number of hydrogen-bond donors (Lipinski definition) is 1. The summed E-state index contributed by atoms with van der Waals surface area (Å²) >= 11 is 1.71. The second-order valence-electron chi connectivity index (χ2n) is 2.81. The monoisotopic (exact) mass is 185 g/mol. The van der Waals surface area contributed by atoms with Crippen molar-refractivity contribution in [1.29, 1.82) is 0 Å². The molecule has 0 amide bonds. The standard InChI is InChI=1S/C9H15NOS/c1-8(5-10-2)11-6-9-3-4-12-7-9/h3-4,7-8,10H,5-6H2,1-2H3. The van der Waals surface area contributed by atoms with Crippen molar-refractivity contribution in [1.82, 2.24) is 5.32 Å². The van der Waals surface area contributed by atoms with Gasteiger partial charge in [-0.05, 0) is 36.4 Å². The van der Waals surface area contributed by atoms with E-state index < -0.39 is 0 Å². The number of nitrogens with one attached hydrogen (secondary N) is 1. The molecule has 0 spiro atoms. The summed E-state index contributed by atoms with van der Waals surface area (Å²) in [5.41, 5.74) is 1.27. The van der Waals surface area contributed by atoms with Crippen molar-refractivity contribution >= 4 is 11.3 Å². The Morgan fingerprint density at radius 1 is 1.67 bits per heavy atom. The van der Waals surface area contributed by atoms with Gasteiger partial charge in [-0.3, -0.25) is 0 Å². The Morgan fingerprint density at radius 2 is 2.50 bits per heavy atom. The number of rotatable bonds is 5. The smallest absolute Gasteiger partial charge is 0.0729 e. The molecule has 0 bridgehead atoms. The average molecular weight is 185 g/mol. The molecule has 3 heteroatoms. The molecule has 1 N–H and O–H groups in total. The zero-order valence-corrected chi connectivity index (χ0v) is 8.36. The minimum atomic E-state index is 0.287. The summed E-state index contributed by atoms with van der Waals surface area (Å²) in [6, 6.07) is 2.09. The van der Waals surface area contributed by atoms with E-state index in [0.717, 1.165) is 13.2 Å². The van der Waals surface area contributed by atoms with Gasteiger partial charge in [0.05, 0.1) is 12.7 Å². The third-order valence-electron chi connectivity index (χ3n) is 1.61. The third kappa shape index (κ3) is 3.34. The molecular formula is C9H15NOS. The van der Waals surface area contributed by atoms with Crippen LogP contribution in [-0.2, 0) is 11.3 Å². The van der Waals surface area contributed by atoms with Crippen LogP contribution < -0.4 is 5.32 Å². The summed E-state index contributed by atoms with van der Waals surface area (Å²) in [6.45, 7) is 3.71. The first-order valence-electron chi connectivity index (χ1n) is 4.10. The van der Waals surface area contributed by atoms with Crippen LogP contribution >= 0.6 is 11.3 Å². The molecular weight excluding hydrogens is 170 g/mol. The van der Waals surface area contributed by atoms with Crippen molar-refractivity contribution in [3.05, 3.63) is 22.4 Å². The normalized spacial score (nSPS) is 13.2. The molecule has 0 radical (unpaired) electrons. The first kappa shape index (κ1) is 9.71. The van der Waals surface area contributed by atoms with Crippen LogP contribution in [0.4, 0.5) is 0 Å². The van der Waals surface area contributed by atoms with Crippen molar-refractivity contribution in [2.45, 2.75) is 19.6 Å². The molecule has 1 aromatic heterocycles. The van der Waals surface area contributed by atoms with Crippen LogP contribution in [0.5, 0.6) is 0 Å². The molecule has 0 aromatic carbocycles. The van der Waals surface area contributed by atoms with E-state index in [9.17, 15) is 0 Å². The molecule has 1 atom stereocenters. The van der Waals surface area contributed by atoms with E-state index in [1.165, 1.54) is 5.56 Å². The van der Waals surface area contributed by atoms with Crippen LogP contribution in [-0.4, -0.2) is 19.7 Å². The zero-order valence-electron chi connectivity index (χ0n) is 7.54. The molecule has 0 saturated carbocycles. The summed E-state index contributed by atoms with van der Waals surface area (Å²) in [4.78, 5) is 0. The molecule has 0 fully saturated rings. The fourth-order valence-electron chi connectivity index (χ4n) is 0.960. The Balaban J connectivity index is 2.17. The van der Waals surface area contributed by atoms with Crippen molar-refractivity contribution in [3.63, 3.8) is 0 Å². The molecule has 68 valence electrons. The largest absolute Gasteiger partial charge is 0.372 e. The lowest BCUT2D eigenvalue weighted by molar-refractivity contribution is 0.0547. The molecule has 1 heterocycles. The highest BCUT2D eigenvalue weighted by Gasteiger charge is 2.00. The second-order valence-corrected chi connectivity index (χ2v) is 3.59. The quantitative estimate of drug-likeness (QED) is 0.756.